The zero-order valence-electron chi connectivity index (χ0n) is 17.0. The van der Waals surface area contributed by atoms with Crippen LogP contribution in [0.2, 0.25) is 0 Å². The molecule has 1 saturated heterocycles. The van der Waals surface area contributed by atoms with E-state index in [4.69, 9.17) is 4.74 Å². The van der Waals surface area contributed by atoms with Crippen molar-refractivity contribution in [3.05, 3.63) is 39.6 Å². The van der Waals surface area contributed by atoms with Crippen LogP contribution in [0.15, 0.2) is 22.8 Å². The number of hydrogen-bond acceptors (Lipinski definition) is 4. The summed E-state index contributed by atoms with van der Waals surface area (Å²) >= 11 is 3.63. The molecule has 0 aliphatic carbocycles. The van der Waals surface area contributed by atoms with Crippen molar-refractivity contribution in [2.45, 2.75) is 46.8 Å². The third-order valence-electron chi connectivity index (χ3n) is 5.56. The van der Waals surface area contributed by atoms with Crippen molar-refractivity contribution >= 4 is 27.4 Å². The van der Waals surface area contributed by atoms with E-state index in [2.05, 4.69) is 50.2 Å². The summed E-state index contributed by atoms with van der Waals surface area (Å²) in [6.45, 7) is 15.6. The number of halogens is 1. The van der Waals surface area contributed by atoms with Gasteiger partial charge >= 0.3 is 5.97 Å². The Morgan fingerprint density at radius 2 is 1.89 bits per heavy atom. The standard InChI is InChI=1S/C21H30BrN3O2/c1-6-23-9-11-24(12-10-23)16(5)20-15(4)17(21(26)27-14(2)3)13-19-18(22)7-8-25(19)20/h7-8,13-14,16H,6,9-12H2,1-5H3. The van der Waals surface area contributed by atoms with Gasteiger partial charge in [-0.15, -0.1) is 0 Å². The molecule has 1 unspecified atom stereocenters. The van der Waals surface area contributed by atoms with Gasteiger partial charge in [-0.05, 0) is 67.9 Å². The second kappa shape index (κ2) is 8.33. The maximum absolute atomic E-state index is 12.7. The number of ether oxygens (including phenoxy) is 1. The summed E-state index contributed by atoms with van der Waals surface area (Å²) in [5.74, 6) is -0.248. The van der Waals surface area contributed by atoms with Crippen molar-refractivity contribution in [2.24, 2.45) is 0 Å². The van der Waals surface area contributed by atoms with E-state index in [9.17, 15) is 4.79 Å². The molecular formula is C21H30BrN3O2. The van der Waals surface area contributed by atoms with Crippen LogP contribution in [0.3, 0.4) is 0 Å². The van der Waals surface area contributed by atoms with Crippen molar-refractivity contribution in [3.63, 3.8) is 0 Å². The first-order chi connectivity index (χ1) is 12.8. The largest absolute Gasteiger partial charge is 0.459 e. The minimum Gasteiger partial charge on any atom is -0.459 e. The van der Waals surface area contributed by atoms with Crippen LogP contribution in [0.25, 0.3) is 5.52 Å². The Bertz CT molecular complexity index is 822. The molecule has 0 bridgehead atoms. The van der Waals surface area contributed by atoms with Crippen molar-refractivity contribution in [1.82, 2.24) is 14.2 Å². The molecule has 0 saturated carbocycles. The van der Waals surface area contributed by atoms with Gasteiger partial charge in [0.25, 0.3) is 0 Å². The molecular weight excluding hydrogens is 406 g/mol. The highest BCUT2D eigenvalue weighted by atomic mass is 79.9. The molecule has 27 heavy (non-hydrogen) atoms. The average Bonchev–Trinajstić information content (AvgIpc) is 3.00. The van der Waals surface area contributed by atoms with E-state index in [-0.39, 0.29) is 18.1 Å². The zero-order chi connectivity index (χ0) is 19.7. The summed E-state index contributed by atoms with van der Waals surface area (Å²) < 4.78 is 8.71. The highest BCUT2D eigenvalue weighted by Crippen LogP contribution is 2.32. The SMILES string of the molecule is CCN1CCN(C(C)c2c(C)c(C(=O)OC(C)C)cc3c(Br)ccn23)CC1. The van der Waals surface area contributed by atoms with Gasteiger partial charge in [0, 0.05) is 48.6 Å². The Balaban J connectivity index is 2.03. The van der Waals surface area contributed by atoms with Gasteiger partial charge in [0.15, 0.2) is 0 Å². The van der Waals surface area contributed by atoms with Gasteiger partial charge < -0.3 is 14.0 Å². The highest BCUT2D eigenvalue weighted by molar-refractivity contribution is 9.10. The van der Waals surface area contributed by atoms with Gasteiger partial charge in [-0.1, -0.05) is 6.92 Å². The molecule has 148 valence electrons. The van der Waals surface area contributed by atoms with Crippen LogP contribution in [0.1, 0.15) is 55.4 Å². The lowest BCUT2D eigenvalue weighted by Crippen LogP contribution is -2.47. The Kier molecular flexibility index (Phi) is 6.28. The Morgan fingerprint density at radius 3 is 2.48 bits per heavy atom. The van der Waals surface area contributed by atoms with Crippen molar-refractivity contribution in [3.8, 4) is 0 Å². The predicted molar refractivity (Wildman–Crippen MR) is 112 cm³/mol. The number of nitrogens with zero attached hydrogens (tertiary/aromatic N) is 3. The van der Waals surface area contributed by atoms with Gasteiger partial charge in [-0.2, -0.15) is 0 Å². The number of esters is 1. The number of carbonyl (C=O) groups excluding carboxylic acids is 1. The van der Waals surface area contributed by atoms with Crippen LogP contribution < -0.4 is 0 Å². The molecule has 0 amide bonds. The van der Waals surface area contributed by atoms with E-state index in [0.29, 0.717) is 5.56 Å². The molecule has 2 aromatic heterocycles. The molecule has 0 N–H and O–H groups in total. The van der Waals surface area contributed by atoms with Gasteiger partial charge in [0.2, 0.25) is 0 Å². The van der Waals surface area contributed by atoms with E-state index in [1.165, 1.54) is 5.69 Å². The van der Waals surface area contributed by atoms with Crippen LogP contribution in [-0.2, 0) is 4.74 Å². The summed E-state index contributed by atoms with van der Waals surface area (Å²) in [6.07, 6.45) is 1.95. The van der Waals surface area contributed by atoms with Gasteiger partial charge in [-0.25, -0.2) is 4.79 Å². The predicted octanol–water partition coefficient (Wildman–Crippen LogP) is 4.27. The number of rotatable bonds is 5. The molecule has 0 radical (unpaired) electrons. The second-order valence-electron chi connectivity index (χ2n) is 7.59. The summed E-state index contributed by atoms with van der Waals surface area (Å²) in [5, 5.41) is 0. The van der Waals surface area contributed by atoms with Crippen molar-refractivity contribution in [1.29, 1.82) is 0 Å². The van der Waals surface area contributed by atoms with E-state index < -0.39 is 0 Å². The van der Waals surface area contributed by atoms with Crippen molar-refractivity contribution < 1.29 is 9.53 Å². The van der Waals surface area contributed by atoms with Crippen LogP contribution in [0.4, 0.5) is 0 Å². The molecule has 0 aromatic carbocycles. The molecule has 6 heteroatoms. The zero-order valence-corrected chi connectivity index (χ0v) is 18.5. The minimum atomic E-state index is -0.248. The lowest BCUT2D eigenvalue weighted by Gasteiger charge is -2.38. The Hall–Kier alpha value is -1.37. The summed E-state index contributed by atoms with van der Waals surface area (Å²) in [7, 11) is 0. The maximum atomic E-state index is 12.7. The molecule has 3 heterocycles. The molecule has 1 aliphatic heterocycles. The number of fused-ring (bicyclic) bond motifs is 1. The first-order valence-electron chi connectivity index (χ1n) is 9.80. The van der Waals surface area contributed by atoms with Crippen molar-refractivity contribution in [2.75, 3.05) is 32.7 Å². The van der Waals surface area contributed by atoms with Gasteiger partial charge in [0.05, 0.1) is 17.2 Å². The molecule has 0 spiro atoms. The fourth-order valence-electron chi connectivity index (χ4n) is 3.98. The summed E-state index contributed by atoms with van der Waals surface area (Å²) in [6, 6.07) is 4.20. The quantitative estimate of drug-likeness (QED) is 0.656. The lowest BCUT2D eigenvalue weighted by atomic mass is 10.0. The van der Waals surface area contributed by atoms with E-state index in [1.54, 1.807) is 0 Å². The van der Waals surface area contributed by atoms with Crippen LogP contribution in [0, 0.1) is 6.92 Å². The highest BCUT2D eigenvalue weighted by Gasteiger charge is 2.27. The smallest absolute Gasteiger partial charge is 0.338 e. The number of aromatic nitrogens is 1. The van der Waals surface area contributed by atoms with Gasteiger partial charge in [-0.3, -0.25) is 4.90 Å². The minimum absolute atomic E-state index is 0.133. The number of pyridine rings is 1. The monoisotopic (exact) mass is 435 g/mol. The summed E-state index contributed by atoms with van der Waals surface area (Å²) in [4.78, 5) is 17.7. The molecule has 5 nitrogen and oxygen atoms in total. The first kappa shape index (κ1) is 20.4. The second-order valence-corrected chi connectivity index (χ2v) is 8.44. The fraction of sp³-hybridized carbons (Fsp3) is 0.571. The van der Waals surface area contributed by atoms with E-state index >= 15 is 0 Å². The lowest BCUT2D eigenvalue weighted by molar-refractivity contribution is 0.0376. The Labute approximate surface area is 170 Å². The topological polar surface area (TPSA) is 37.2 Å². The molecule has 2 aromatic rings. The first-order valence-corrected chi connectivity index (χ1v) is 10.6. The van der Waals surface area contributed by atoms with Crippen LogP contribution >= 0.6 is 15.9 Å². The number of hydrogen-bond donors (Lipinski definition) is 0. The third kappa shape index (κ3) is 4.08. The number of piperazine rings is 1. The van der Waals surface area contributed by atoms with E-state index in [0.717, 1.165) is 48.3 Å². The molecule has 1 fully saturated rings. The fourth-order valence-corrected chi connectivity index (χ4v) is 4.40. The van der Waals surface area contributed by atoms with Crippen LogP contribution in [-0.4, -0.2) is 59.0 Å². The van der Waals surface area contributed by atoms with E-state index in [1.807, 2.05) is 32.9 Å². The molecule has 1 aliphatic rings. The number of carbonyl (C=O) groups is 1. The molecule has 3 rings (SSSR count). The Morgan fingerprint density at radius 1 is 1.22 bits per heavy atom. The summed E-state index contributed by atoms with van der Waals surface area (Å²) in [5.41, 5.74) is 3.83. The maximum Gasteiger partial charge on any atom is 0.338 e. The van der Waals surface area contributed by atoms with Crippen LogP contribution in [0.5, 0.6) is 0 Å². The molecule has 1 atom stereocenters. The average molecular weight is 436 g/mol. The third-order valence-corrected chi connectivity index (χ3v) is 6.23. The van der Waals surface area contributed by atoms with Gasteiger partial charge in [0.1, 0.15) is 0 Å². The normalized spacial score (nSPS) is 17.6. The number of likely N-dealkylation sites (N-methyl/N-ethyl adjacent to an activating group) is 1.